The highest BCUT2D eigenvalue weighted by Crippen LogP contribution is 2.23. The SMILES string of the molecule is COc1cccc([C@H](C)NC(C)c2ccccc2C)c1. The highest BCUT2D eigenvalue weighted by Gasteiger charge is 2.12. The lowest BCUT2D eigenvalue weighted by molar-refractivity contribution is 0.412. The number of ether oxygens (including phenoxy) is 1. The van der Waals surface area contributed by atoms with Crippen LogP contribution in [0.4, 0.5) is 0 Å². The molecule has 0 aliphatic carbocycles. The van der Waals surface area contributed by atoms with E-state index in [0.717, 1.165) is 5.75 Å². The fourth-order valence-corrected chi connectivity index (χ4v) is 2.54. The Balaban J connectivity index is 2.11. The van der Waals surface area contributed by atoms with E-state index in [9.17, 15) is 0 Å². The Bertz CT molecular complexity index is 565. The second-order valence-electron chi connectivity index (χ2n) is 5.24. The summed E-state index contributed by atoms with van der Waals surface area (Å²) in [6, 6.07) is 17.3. The van der Waals surface area contributed by atoms with E-state index in [1.165, 1.54) is 16.7 Å². The van der Waals surface area contributed by atoms with Gasteiger partial charge in [0.1, 0.15) is 5.75 Å². The van der Waals surface area contributed by atoms with E-state index in [2.05, 4.69) is 62.5 Å². The predicted octanol–water partition coefficient (Wildman–Crippen LogP) is 4.42. The summed E-state index contributed by atoms with van der Waals surface area (Å²) in [7, 11) is 1.70. The maximum absolute atomic E-state index is 5.29. The Labute approximate surface area is 121 Å². The second-order valence-corrected chi connectivity index (χ2v) is 5.24. The van der Waals surface area contributed by atoms with Crippen molar-refractivity contribution in [1.82, 2.24) is 5.32 Å². The summed E-state index contributed by atoms with van der Waals surface area (Å²) in [6.07, 6.45) is 0. The third kappa shape index (κ3) is 3.40. The minimum atomic E-state index is 0.278. The van der Waals surface area contributed by atoms with Crippen LogP contribution in [0.3, 0.4) is 0 Å². The molecule has 1 unspecified atom stereocenters. The van der Waals surface area contributed by atoms with Crippen LogP contribution < -0.4 is 10.1 Å². The average molecular weight is 269 g/mol. The number of rotatable bonds is 5. The van der Waals surface area contributed by atoms with Crippen molar-refractivity contribution in [2.45, 2.75) is 32.9 Å². The molecule has 2 aromatic rings. The number of nitrogens with one attached hydrogen (secondary N) is 1. The van der Waals surface area contributed by atoms with Gasteiger partial charge in [-0.15, -0.1) is 0 Å². The van der Waals surface area contributed by atoms with E-state index >= 15 is 0 Å². The normalized spacial score (nSPS) is 13.8. The molecule has 0 aliphatic rings. The molecule has 0 amide bonds. The van der Waals surface area contributed by atoms with Gasteiger partial charge in [0, 0.05) is 12.1 Å². The molecule has 0 saturated heterocycles. The van der Waals surface area contributed by atoms with Crippen LogP contribution >= 0.6 is 0 Å². The van der Waals surface area contributed by atoms with Crippen molar-refractivity contribution in [2.24, 2.45) is 0 Å². The van der Waals surface area contributed by atoms with E-state index in [0.29, 0.717) is 6.04 Å². The first-order valence-electron chi connectivity index (χ1n) is 7.07. The fraction of sp³-hybridized carbons (Fsp3) is 0.333. The summed E-state index contributed by atoms with van der Waals surface area (Å²) in [4.78, 5) is 0. The van der Waals surface area contributed by atoms with E-state index in [4.69, 9.17) is 4.74 Å². The van der Waals surface area contributed by atoms with Crippen LogP contribution in [0.5, 0.6) is 5.75 Å². The zero-order valence-corrected chi connectivity index (χ0v) is 12.7. The van der Waals surface area contributed by atoms with Gasteiger partial charge < -0.3 is 10.1 Å². The maximum Gasteiger partial charge on any atom is 0.119 e. The fourth-order valence-electron chi connectivity index (χ4n) is 2.54. The van der Waals surface area contributed by atoms with Crippen molar-refractivity contribution >= 4 is 0 Å². The first-order valence-corrected chi connectivity index (χ1v) is 7.07. The molecule has 2 aromatic carbocycles. The van der Waals surface area contributed by atoms with Crippen molar-refractivity contribution in [3.05, 3.63) is 65.2 Å². The summed E-state index contributed by atoms with van der Waals surface area (Å²) in [5.74, 6) is 0.902. The molecule has 0 aromatic heterocycles. The highest BCUT2D eigenvalue weighted by atomic mass is 16.5. The molecule has 2 nitrogen and oxygen atoms in total. The van der Waals surface area contributed by atoms with Gasteiger partial charge in [-0.2, -0.15) is 0 Å². The van der Waals surface area contributed by atoms with Crippen molar-refractivity contribution in [3.63, 3.8) is 0 Å². The number of aryl methyl sites for hydroxylation is 1. The Kier molecular flexibility index (Phi) is 4.80. The topological polar surface area (TPSA) is 21.3 Å². The Morgan fingerprint density at radius 1 is 0.950 bits per heavy atom. The van der Waals surface area contributed by atoms with Crippen LogP contribution in [0.2, 0.25) is 0 Å². The van der Waals surface area contributed by atoms with Gasteiger partial charge in [0.2, 0.25) is 0 Å². The largest absolute Gasteiger partial charge is 0.497 e. The number of methoxy groups -OCH3 is 1. The smallest absolute Gasteiger partial charge is 0.119 e. The van der Waals surface area contributed by atoms with Crippen LogP contribution in [-0.2, 0) is 0 Å². The average Bonchev–Trinajstić information content (AvgIpc) is 2.47. The molecule has 2 heteroatoms. The number of hydrogen-bond acceptors (Lipinski definition) is 2. The summed E-state index contributed by atoms with van der Waals surface area (Å²) in [5.41, 5.74) is 3.91. The Hall–Kier alpha value is -1.80. The molecule has 0 spiro atoms. The minimum absolute atomic E-state index is 0.278. The quantitative estimate of drug-likeness (QED) is 0.867. The summed E-state index contributed by atoms with van der Waals surface area (Å²) < 4.78 is 5.29. The molecule has 0 aliphatic heterocycles. The van der Waals surface area contributed by atoms with E-state index in [1.807, 2.05) is 12.1 Å². The van der Waals surface area contributed by atoms with Crippen LogP contribution in [0.1, 0.15) is 42.6 Å². The summed E-state index contributed by atoms with van der Waals surface area (Å²) in [5, 5.41) is 3.65. The molecular formula is C18H23NO. The van der Waals surface area contributed by atoms with Gasteiger partial charge in [0.25, 0.3) is 0 Å². The molecule has 0 bridgehead atoms. The van der Waals surface area contributed by atoms with Gasteiger partial charge in [-0.05, 0) is 49.6 Å². The molecule has 0 saturated carbocycles. The lowest BCUT2D eigenvalue weighted by Gasteiger charge is -2.22. The Morgan fingerprint density at radius 3 is 2.40 bits per heavy atom. The summed E-state index contributed by atoms with van der Waals surface area (Å²) in [6.45, 7) is 6.55. The van der Waals surface area contributed by atoms with Crippen LogP contribution in [0.25, 0.3) is 0 Å². The van der Waals surface area contributed by atoms with E-state index in [-0.39, 0.29) is 6.04 Å². The third-order valence-corrected chi connectivity index (χ3v) is 3.75. The molecule has 2 rings (SSSR count). The minimum Gasteiger partial charge on any atom is -0.497 e. The van der Waals surface area contributed by atoms with E-state index < -0.39 is 0 Å². The van der Waals surface area contributed by atoms with E-state index in [1.54, 1.807) is 7.11 Å². The van der Waals surface area contributed by atoms with Gasteiger partial charge in [-0.1, -0.05) is 36.4 Å². The molecular weight excluding hydrogens is 246 g/mol. The van der Waals surface area contributed by atoms with Gasteiger partial charge in [-0.3, -0.25) is 0 Å². The molecule has 106 valence electrons. The zero-order chi connectivity index (χ0) is 14.5. The second kappa shape index (κ2) is 6.58. The zero-order valence-electron chi connectivity index (χ0n) is 12.7. The molecule has 0 fully saturated rings. The summed E-state index contributed by atoms with van der Waals surface area (Å²) >= 11 is 0. The molecule has 2 atom stereocenters. The molecule has 20 heavy (non-hydrogen) atoms. The van der Waals surface area contributed by atoms with Crippen LogP contribution in [0.15, 0.2) is 48.5 Å². The molecule has 0 radical (unpaired) electrons. The van der Waals surface area contributed by atoms with Crippen molar-refractivity contribution < 1.29 is 4.74 Å². The third-order valence-electron chi connectivity index (χ3n) is 3.75. The lowest BCUT2D eigenvalue weighted by atomic mass is 10.0. The van der Waals surface area contributed by atoms with Crippen molar-refractivity contribution in [1.29, 1.82) is 0 Å². The standard InChI is InChI=1S/C18H23NO/c1-13-8-5-6-11-18(13)15(3)19-14(2)16-9-7-10-17(12-16)20-4/h5-12,14-15,19H,1-4H3/t14-,15?/m0/s1. The van der Waals surface area contributed by atoms with Crippen molar-refractivity contribution in [2.75, 3.05) is 7.11 Å². The van der Waals surface area contributed by atoms with Gasteiger partial charge >= 0.3 is 0 Å². The highest BCUT2D eigenvalue weighted by molar-refractivity contribution is 5.32. The van der Waals surface area contributed by atoms with Gasteiger partial charge in [0.05, 0.1) is 7.11 Å². The number of hydrogen-bond donors (Lipinski definition) is 1. The molecule has 0 heterocycles. The predicted molar refractivity (Wildman–Crippen MR) is 84.1 cm³/mol. The Morgan fingerprint density at radius 2 is 1.70 bits per heavy atom. The van der Waals surface area contributed by atoms with Gasteiger partial charge in [-0.25, -0.2) is 0 Å². The van der Waals surface area contributed by atoms with Crippen molar-refractivity contribution in [3.8, 4) is 5.75 Å². The monoisotopic (exact) mass is 269 g/mol. The van der Waals surface area contributed by atoms with Crippen LogP contribution in [-0.4, -0.2) is 7.11 Å². The first-order chi connectivity index (χ1) is 9.61. The molecule has 1 N–H and O–H groups in total. The van der Waals surface area contributed by atoms with Crippen LogP contribution in [0, 0.1) is 6.92 Å². The maximum atomic E-state index is 5.29. The van der Waals surface area contributed by atoms with Gasteiger partial charge in [0.15, 0.2) is 0 Å². The number of benzene rings is 2. The first kappa shape index (κ1) is 14.6. The lowest BCUT2D eigenvalue weighted by Crippen LogP contribution is -2.23.